The lowest BCUT2D eigenvalue weighted by atomic mass is 9.92. The molecule has 0 aromatic carbocycles. The number of carbonyl (C=O) groups excluding carboxylic acids is 2. The Morgan fingerprint density at radius 2 is 2.20 bits per heavy atom. The maximum atomic E-state index is 11.9. The van der Waals surface area contributed by atoms with Crippen molar-refractivity contribution < 1.29 is 19.1 Å². The SMILES string of the molecule is CN(CC(=O)NC1CCCCC1O)C(=O)c1ccco1. The van der Waals surface area contributed by atoms with Crippen LogP contribution in [0, 0.1) is 0 Å². The largest absolute Gasteiger partial charge is 0.459 e. The first kappa shape index (κ1) is 14.6. The number of aliphatic hydroxyl groups excluding tert-OH is 1. The Bertz CT molecular complexity index is 458. The molecule has 0 aliphatic heterocycles. The number of rotatable bonds is 4. The molecule has 6 heteroatoms. The molecule has 2 unspecified atom stereocenters. The van der Waals surface area contributed by atoms with Crippen molar-refractivity contribution in [3.8, 4) is 0 Å². The summed E-state index contributed by atoms with van der Waals surface area (Å²) in [6.45, 7) is -0.0528. The fourth-order valence-corrected chi connectivity index (χ4v) is 2.41. The van der Waals surface area contributed by atoms with Gasteiger partial charge in [0, 0.05) is 7.05 Å². The van der Waals surface area contributed by atoms with E-state index in [0.717, 1.165) is 19.3 Å². The predicted octanol–water partition coefficient (Wildman–Crippen LogP) is 0.771. The molecule has 0 spiro atoms. The van der Waals surface area contributed by atoms with E-state index < -0.39 is 6.10 Å². The highest BCUT2D eigenvalue weighted by molar-refractivity contribution is 5.94. The third-order valence-corrected chi connectivity index (χ3v) is 3.54. The molecule has 110 valence electrons. The van der Waals surface area contributed by atoms with Crippen molar-refractivity contribution in [3.63, 3.8) is 0 Å². The van der Waals surface area contributed by atoms with Crippen LogP contribution in [0.5, 0.6) is 0 Å². The Morgan fingerprint density at radius 3 is 2.85 bits per heavy atom. The zero-order valence-corrected chi connectivity index (χ0v) is 11.5. The van der Waals surface area contributed by atoms with Crippen LogP contribution in [0.4, 0.5) is 0 Å². The molecular formula is C14H20N2O4. The highest BCUT2D eigenvalue weighted by Gasteiger charge is 2.25. The summed E-state index contributed by atoms with van der Waals surface area (Å²) in [5.41, 5.74) is 0. The van der Waals surface area contributed by atoms with Crippen molar-refractivity contribution in [2.75, 3.05) is 13.6 Å². The van der Waals surface area contributed by atoms with Gasteiger partial charge in [0.15, 0.2) is 5.76 Å². The van der Waals surface area contributed by atoms with Crippen LogP contribution in [0.25, 0.3) is 0 Å². The summed E-state index contributed by atoms with van der Waals surface area (Å²) in [7, 11) is 1.54. The van der Waals surface area contributed by atoms with Crippen LogP contribution in [-0.4, -0.2) is 47.6 Å². The molecule has 1 saturated carbocycles. The minimum Gasteiger partial charge on any atom is -0.459 e. The first-order chi connectivity index (χ1) is 9.58. The summed E-state index contributed by atoms with van der Waals surface area (Å²) < 4.78 is 5.00. The summed E-state index contributed by atoms with van der Waals surface area (Å²) in [6, 6.07) is 2.98. The molecular weight excluding hydrogens is 260 g/mol. The molecule has 2 rings (SSSR count). The summed E-state index contributed by atoms with van der Waals surface area (Å²) in [5.74, 6) is -0.398. The van der Waals surface area contributed by atoms with E-state index in [0.29, 0.717) is 6.42 Å². The van der Waals surface area contributed by atoms with E-state index in [9.17, 15) is 14.7 Å². The van der Waals surface area contributed by atoms with E-state index >= 15 is 0 Å². The zero-order chi connectivity index (χ0) is 14.5. The Morgan fingerprint density at radius 1 is 1.45 bits per heavy atom. The molecule has 1 heterocycles. The minimum atomic E-state index is -0.487. The van der Waals surface area contributed by atoms with Crippen LogP contribution in [0.3, 0.4) is 0 Å². The number of amides is 2. The predicted molar refractivity (Wildman–Crippen MR) is 72.1 cm³/mol. The zero-order valence-electron chi connectivity index (χ0n) is 11.5. The van der Waals surface area contributed by atoms with Gasteiger partial charge in [0.2, 0.25) is 5.91 Å². The number of nitrogens with zero attached hydrogens (tertiary/aromatic N) is 1. The minimum absolute atomic E-state index is 0.0528. The van der Waals surface area contributed by atoms with Crippen LogP contribution >= 0.6 is 0 Å². The van der Waals surface area contributed by atoms with Crippen LogP contribution in [0.2, 0.25) is 0 Å². The molecule has 1 aliphatic rings. The molecule has 2 amide bonds. The molecule has 1 aromatic heterocycles. The van der Waals surface area contributed by atoms with Gasteiger partial charge in [0.05, 0.1) is 25.0 Å². The van der Waals surface area contributed by atoms with E-state index in [1.54, 1.807) is 19.2 Å². The molecule has 1 aliphatic carbocycles. The lowest BCUT2D eigenvalue weighted by Crippen LogP contribution is -2.48. The van der Waals surface area contributed by atoms with Gasteiger partial charge in [-0.2, -0.15) is 0 Å². The van der Waals surface area contributed by atoms with E-state index in [4.69, 9.17) is 4.42 Å². The number of hydrogen-bond donors (Lipinski definition) is 2. The smallest absolute Gasteiger partial charge is 0.289 e. The average Bonchev–Trinajstić information content (AvgIpc) is 2.94. The lowest BCUT2D eigenvalue weighted by molar-refractivity contribution is -0.123. The number of likely N-dealkylation sites (N-methyl/N-ethyl adjacent to an activating group) is 1. The Hall–Kier alpha value is -1.82. The molecule has 2 atom stereocenters. The van der Waals surface area contributed by atoms with Crippen LogP contribution in [-0.2, 0) is 4.79 Å². The maximum absolute atomic E-state index is 11.9. The number of hydrogen-bond acceptors (Lipinski definition) is 4. The first-order valence-corrected chi connectivity index (χ1v) is 6.84. The van der Waals surface area contributed by atoms with Gasteiger partial charge >= 0.3 is 0 Å². The van der Waals surface area contributed by atoms with Crippen molar-refractivity contribution in [2.45, 2.75) is 37.8 Å². The van der Waals surface area contributed by atoms with Crippen molar-refractivity contribution in [1.29, 1.82) is 0 Å². The van der Waals surface area contributed by atoms with Gasteiger partial charge in [0.25, 0.3) is 5.91 Å². The number of carbonyl (C=O) groups is 2. The second-order valence-electron chi connectivity index (χ2n) is 5.16. The Balaban J connectivity index is 1.83. The van der Waals surface area contributed by atoms with Gasteiger partial charge in [0.1, 0.15) is 0 Å². The van der Waals surface area contributed by atoms with Crippen molar-refractivity contribution in [2.24, 2.45) is 0 Å². The fourth-order valence-electron chi connectivity index (χ4n) is 2.41. The quantitative estimate of drug-likeness (QED) is 0.853. The number of nitrogens with one attached hydrogen (secondary N) is 1. The number of furan rings is 1. The van der Waals surface area contributed by atoms with E-state index in [-0.39, 0.29) is 30.2 Å². The van der Waals surface area contributed by atoms with Gasteiger partial charge in [-0.1, -0.05) is 12.8 Å². The Labute approximate surface area is 117 Å². The van der Waals surface area contributed by atoms with Crippen LogP contribution in [0.15, 0.2) is 22.8 Å². The summed E-state index contributed by atoms with van der Waals surface area (Å²) in [4.78, 5) is 25.1. The molecule has 0 bridgehead atoms. The van der Waals surface area contributed by atoms with Crippen molar-refractivity contribution in [1.82, 2.24) is 10.2 Å². The maximum Gasteiger partial charge on any atom is 0.289 e. The second-order valence-corrected chi connectivity index (χ2v) is 5.16. The monoisotopic (exact) mass is 280 g/mol. The average molecular weight is 280 g/mol. The van der Waals surface area contributed by atoms with E-state index in [1.807, 2.05) is 0 Å². The van der Waals surface area contributed by atoms with Gasteiger partial charge in [-0.3, -0.25) is 9.59 Å². The van der Waals surface area contributed by atoms with Crippen LogP contribution in [0.1, 0.15) is 36.2 Å². The molecule has 6 nitrogen and oxygen atoms in total. The van der Waals surface area contributed by atoms with Crippen molar-refractivity contribution >= 4 is 11.8 Å². The molecule has 1 aromatic rings. The molecule has 2 N–H and O–H groups in total. The normalized spacial score (nSPS) is 22.3. The molecule has 1 fully saturated rings. The first-order valence-electron chi connectivity index (χ1n) is 6.84. The van der Waals surface area contributed by atoms with Crippen molar-refractivity contribution in [3.05, 3.63) is 24.2 Å². The van der Waals surface area contributed by atoms with E-state index in [1.165, 1.54) is 11.2 Å². The van der Waals surface area contributed by atoms with Gasteiger partial charge in [-0.25, -0.2) is 0 Å². The van der Waals surface area contributed by atoms with Gasteiger partial charge in [-0.05, 0) is 25.0 Å². The lowest BCUT2D eigenvalue weighted by Gasteiger charge is -2.29. The molecule has 0 radical (unpaired) electrons. The Kier molecular flexibility index (Phi) is 4.79. The highest BCUT2D eigenvalue weighted by Crippen LogP contribution is 2.18. The highest BCUT2D eigenvalue weighted by atomic mass is 16.3. The summed E-state index contributed by atoms with van der Waals surface area (Å²) >= 11 is 0. The summed E-state index contributed by atoms with van der Waals surface area (Å²) in [6.07, 6.45) is 4.42. The standard InChI is InChI=1S/C14H20N2O4/c1-16(14(19)12-7-4-8-20-12)9-13(18)15-10-5-2-3-6-11(10)17/h4,7-8,10-11,17H,2-3,5-6,9H2,1H3,(H,15,18). The summed E-state index contributed by atoms with van der Waals surface area (Å²) in [5, 5.41) is 12.6. The third kappa shape index (κ3) is 3.60. The van der Waals surface area contributed by atoms with Gasteiger partial charge < -0.3 is 19.7 Å². The third-order valence-electron chi connectivity index (χ3n) is 3.54. The van der Waals surface area contributed by atoms with Crippen LogP contribution < -0.4 is 5.32 Å². The number of aliphatic hydroxyl groups is 1. The topological polar surface area (TPSA) is 82.8 Å². The molecule has 0 saturated heterocycles. The van der Waals surface area contributed by atoms with E-state index in [2.05, 4.69) is 5.32 Å². The van der Waals surface area contributed by atoms with Gasteiger partial charge in [-0.15, -0.1) is 0 Å². The fraction of sp³-hybridized carbons (Fsp3) is 0.571. The second kappa shape index (κ2) is 6.56. The molecule has 20 heavy (non-hydrogen) atoms.